The van der Waals surface area contributed by atoms with Crippen LogP contribution in [0.1, 0.15) is 25.8 Å². The van der Waals surface area contributed by atoms with Crippen molar-refractivity contribution in [3.8, 4) is 0 Å². The molecule has 1 rings (SSSR count). The topological polar surface area (TPSA) is 64.6 Å². The zero-order valence-corrected chi connectivity index (χ0v) is 11.9. The van der Waals surface area contributed by atoms with Crippen LogP contribution >= 0.6 is 0 Å². The maximum Gasteiger partial charge on any atom is 0.307 e. The summed E-state index contributed by atoms with van der Waals surface area (Å²) >= 11 is 0. The normalized spacial score (nSPS) is 11.7. The maximum atomic E-state index is 11.7. The predicted octanol–water partition coefficient (Wildman–Crippen LogP) is 1.66. The molecule has 5 heteroatoms. The second kappa shape index (κ2) is 9.09. The lowest BCUT2D eigenvalue weighted by atomic mass is 10.2. The molecule has 0 saturated heterocycles. The van der Waals surface area contributed by atoms with Gasteiger partial charge in [-0.15, -0.1) is 0 Å². The molecule has 1 unspecified atom stereocenters. The van der Waals surface area contributed by atoms with Gasteiger partial charge >= 0.3 is 5.97 Å². The van der Waals surface area contributed by atoms with E-state index in [1.54, 1.807) is 13.8 Å². The Morgan fingerprint density at radius 1 is 1.25 bits per heavy atom. The first kappa shape index (κ1) is 16.2. The van der Waals surface area contributed by atoms with E-state index in [0.29, 0.717) is 13.2 Å². The molecule has 0 aliphatic heterocycles. The van der Waals surface area contributed by atoms with Crippen LogP contribution in [-0.4, -0.2) is 31.1 Å². The van der Waals surface area contributed by atoms with E-state index in [4.69, 9.17) is 9.47 Å². The van der Waals surface area contributed by atoms with Gasteiger partial charge in [0.15, 0.2) is 0 Å². The van der Waals surface area contributed by atoms with E-state index in [2.05, 4.69) is 5.32 Å². The molecular formula is C15H21NO4. The third-order valence-electron chi connectivity index (χ3n) is 2.65. The standard InChI is InChI=1S/C15H21NO4/c1-3-19-14(17)9-10-16-15(18)12(2)20-11-13-7-5-4-6-8-13/h4-8,12H,3,9-11H2,1-2H3,(H,16,18). The summed E-state index contributed by atoms with van der Waals surface area (Å²) in [5, 5.41) is 2.64. The second-order valence-electron chi connectivity index (χ2n) is 4.28. The molecule has 5 nitrogen and oxygen atoms in total. The van der Waals surface area contributed by atoms with Crippen LogP contribution in [0.2, 0.25) is 0 Å². The zero-order chi connectivity index (χ0) is 14.8. The molecule has 1 atom stereocenters. The summed E-state index contributed by atoms with van der Waals surface area (Å²) in [5.74, 6) is -0.545. The number of carbonyl (C=O) groups excluding carboxylic acids is 2. The van der Waals surface area contributed by atoms with Crippen LogP contribution in [0.3, 0.4) is 0 Å². The zero-order valence-electron chi connectivity index (χ0n) is 11.9. The Kier molecular flexibility index (Phi) is 7.35. The van der Waals surface area contributed by atoms with Gasteiger partial charge in [-0.1, -0.05) is 30.3 Å². The Labute approximate surface area is 119 Å². The molecular weight excluding hydrogens is 258 g/mol. The SMILES string of the molecule is CCOC(=O)CCNC(=O)C(C)OCc1ccccc1. The number of carbonyl (C=O) groups is 2. The molecule has 0 bridgehead atoms. The van der Waals surface area contributed by atoms with Crippen molar-refractivity contribution in [2.45, 2.75) is 33.0 Å². The van der Waals surface area contributed by atoms with Gasteiger partial charge < -0.3 is 14.8 Å². The molecule has 0 fully saturated rings. The minimum Gasteiger partial charge on any atom is -0.466 e. The molecule has 0 aliphatic rings. The first-order chi connectivity index (χ1) is 9.63. The monoisotopic (exact) mass is 279 g/mol. The van der Waals surface area contributed by atoms with E-state index in [1.807, 2.05) is 30.3 Å². The fourth-order valence-electron chi connectivity index (χ4n) is 1.54. The molecule has 0 radical (unpaired) electrons. The molecule has 0 spiro atoms. The number of benzene rings is 1. The Morgan fingerprint density at radius 2 is 1.95 bits per heavy atom. The summed E-state index contributed by atoms with van der Waals surface area (Å²) < 4.78 is 10.2. The summed E-state index contributed by atoms with van der Waals surface area (Å²) in [6, 6.07) is 9.64. The average Bonchev–Trinajstić information content (AvgIpc) is 2.46. The number of nitrogens with one attached hydrogen (secondary N) is 1. The highest BCUT2D eigenvalue weighted by molar-refractivity contribution is 5.80. The molecule has 1 aromatic rings. The molecule has 110 valence electrons. The summed E-state index contributed by atoms with van der Waals surface area (Å²) in [6.45, 7) is 4.42. The third-order valence-corrected chi connectivity index (χ3v) is 2.65. The van der Waals surface area contributed by atoms with Crippen molar-refractivity contribution < 1.29 is 19.1 Å². The maximum absolute atomic E-state index is 11.7. The summed E-state index contributed by atoms with van der Waals surface area (Å²) in [5.41, 5.74) is 1.01. The van der Waals surface area contributed by atoms with Crippen LogP contribution in [0.15, 0.2) is 30.3 Å². The van der Waals surface area contributed by atoms with Gasteiger partial charge in [-0.05, 0) is 19.4 Å². The molecule has 1 aromatic carbocycles. The smallest absolute Gasteiger partial charge is 0.307 e. The van der Waals surface area contributed by atoms with Crippen molar-refractivity contribution >= 4 is 11.9 Å². The largest absolute Gasteiger partial charge is 0.466 e. The lowest BCUT2D eigenvalue weighted by molar-refractivity contribution is -0.143. The van der Waals surface area contributed by atoms with E-state index < -0.39 is 6.10 Å². The van der Waals surface area contributed by atoms with Crippen molar-refractivity contribution in [1.29, 1.82) is 0 Å². The summed E-state index contributed by atoms with van der Waals surface area (Å²) in [4.78, 5) is 22.8. The highest BCUT2D eigenvalue weighted by atomic mass is 16.5. The van der Waals surface area contributed by atoms with Crippen molar-refractivity contribution in [3.63, 3.8) is 0 Å². The van der Waals surface area contributed by atoms with E-state index >= 15 is 0 Å². The van der Waals surface area contributed by atoms with Gasteiger partial charge in [-0.25, -0.2) is 0 Å². The van der Waals surface area contributed by atoms with Gasteiger partial charge in [0, 0.05) is 6.54 Å². The minimum absolute atomic E-state index is 0.172. The Balaban J connectivity index is 2.21. The van der Waals surface area contributed by atoms with Crippen LogP contribution in [0.25, 0.3) is 0 Å². The number of esters is 1. The van der Waals surface area contributed by atoms with Crippen LogP contribution in [0.4, 0.5) is 0 Å². The number of ether oxygens (including phenoxy) is 2. The van der Waals surface area contributed by atoms with Crippen molar-refractivity contribution in [1.82, 2.24) is 5.32 Å². The van der Waals surface area contributed by atoms with Crippen LogP contribution in [0.5, 0.6) is 0 Å². The van der Waals surface area contributed by atoms with Gasteiger partial charge in [0.05, 0.1) is 19.6 Å². The van der Waals surface area contributed by atoms with Gasteiger partial charge in [-0.2, -0.15) is 0 Å². The molecule has 0 saturated carbocycles. The first-order valence-corrected chi connectivity index (χ1v) is 6.72. The van der Waals surface area contributed by atoms with Gasteiger partial charge in [0.2, 0.25) is 5.91 Å². The van der Waals surface area contributed by atoms with Gasteiger partial charge in [-0.3, -0.25) is 9.59 Å². The summed E-state index contributed by atoms with van der Waals surface area (Å²) in [7, 11) is 0. The molecule has 20 heavy (non-hydrogen) atoms. The Bertz CT molecular complexity index is 419. The Morgan fingerprint density at radius 3 is 2.60 bits per heavy atom. The second-order valence-corrected chi connectivity index (χ2v) is 4.28. The number of amides is 1. The highest BCUT2D eigenvalue weighted by Crippen LogP contribution is 2.03. The lowest BCUT2D eigenvalue weighted by Gasteiger charge is -2.13. The fourth-order valence-corrected chi connectivity index (χ4v) is 1.54. The Hall–Kier alpha value is -1.88. The van der Waals surface area contributed by atoms with Gasteiger partial charge in [0.25, 0.3) is 0 Å². The van der Waals surface area contributed by atoms with E-state index in [-0.39, 0.29) is 24.8 Å². The summed E-state index contributed by atoms with van der Waals surface area (Å²) in [6.07, 6.45) is -0.386. The third kappa shape index (κ3) is 6.33. The number of hydrogen-bond acceptors (Lipinski definition) is 4. The van der Waals surface area contributed by atoms with Crippen LogP contribution in [-0.2, 0) is 25.7 Å². The van der Waals surface area contributed by atoms with E-state index in [9.17, 15) is 9.59 Å². The van der Waals surface area contributed by atoms with E-state index in [0.717, 1.165) is 5.56 Å². The minimum atomic E-state index is -0.558. The van der Waals surface area contributed by atoms with Crippen LogP contribution in [0, 0.1) is 0 Å². The number of rotatable bonds is 8. The van der Waals surface area contributed by atoms with Crippen molar-refractivity contribution in [3.05, 3.63) is 35.9 Å². The van der Waals surface area contributed by atoms with E-state index in [1.165, 1.54) is 0 Å². The van der Waals surface area contributed by atoms with Crippen LogP contribution < -0.4 is 5.32 Å². The molecule has 1 amide bonds. The fraction of sp³-hybridized carbons (Fsp3) is 0.467. The molecule has 0 aliphatic carbocycles. The number of hydrogen-bond donors (Lipinski definition) is 1. The van der Waals surface area contributed by atoms with Gasteiger partial charge in [0.1, 0.15) is 6.10 Å². The lowest BCUT2D eigenvalue weighted by Crippen LogP contribution is -2.35. The highest BCUT2D eigenvalue weighted by Gasteiger charge is 2.13. The first-order valence-electron chi connectivity index (χ1n) is 6.72. The molecule has 0 aromatic heterocycles. The quantitative estimate of drug-likeness (QED) is 0.735. The predicted molar refractivity (Wildman–Crippen MR) is 75.0 cm³/mol. The molecule has 0 heterocycles. The molecule has 1 N–H and O–H groups in total. The van der Waals surface area contributed by atoms with Crippen molar-refractivity contribution in [2.75, 3.05) is 13.2 Å². The average molecular weight is 279 g/mol. The van der Waals surface area contributed by atoms with Crippen molar-refractivity contribution in [2.24, 2.45) is 0 Å².